The zero-order chi connectivity index (χ0) is 17.0. The van der Waals surface area contributed by atoms with Gasteiger partial charge in [0.15, 0.2) is 0 Å². The number of carbonyl (C=O) groups is 1. The minimum atomic E-state index is -0.115. The van der Waals surface area contributed by atoms with Crippen LogP contribution in [-0.4, -0.2) is 22.3 Å². The lowest BCUT2D eigenvalue weighted by atomic mass is 9.97. The predicted octanol–water partition coefficient (Wildman–Crippen LogP) is 4.27. The normalized spacial score (nSPS) is 12.0. The fourth-order valence-corrected chi connectivity index (χ4v) is 2.74. The Bertz CT molecular complexity index is 699. The topological polar surface area (TPSA) is 44.1 Å². The van der Waals surface area contributed by atoms with Crippen LogP contribution < -0.4 is 4.74 Å². The van der Waals surface area contributed by atoms with Gasteiger partial charge in [0, 0.05) is 11.3 Å². The van der Waals surface area contributed by atoms with Gasteiger partial charge in [-0.2, -0.15) is 5.10 Å². The van der Waals surface area contributed by atoms with Gasteiger partial charge in [-0.1, -0.05) is 26.5 Å². The van der Waals surface area contributed by atoms with E-state index < -0.39 is 0 Å². The van der Waals surface area contributed by atoms with E-state index >= 15 is 0 Å². The molecule has 4 nitrogen and oxygen atoms in total. The second-order valence-corrected chi connectivity index (χ2v) is 5.73. The molecule has 1 aromatic carbocycles. The lowest BCUT2D eigenvalue weighted by Crippen LogP contribution is -2.15. The molecule has 4 heteroatoms. The van der Waals surface area contributed by atoms with E-state index in [2.05, 4.69) is 25.5 Å². The Labute approximate surface area is 137 Å². The molecule has 0 aliphatic rings. The number of ether oxygens (including phenoxy) is 1. The van der Waals surface area contributed by atoms with Gasteiger partial charge in [-0.15, -0.1) is 0 Å². The maximum atomic E-state index is 12.7. The van der Waals surface area contributed by atoms with Crippen molar-refractivity contribution in [2.24, 2.45) is 0 Å². The fraction of sp³-hybridized carbons (Fsp3) is 0.368. The fourth-order valence-electron chi connectivity index (χ4n) is 2.74. The maximum Gasteiger partial charge on any atom is 0.278 e. The number of benzene rings is 1. The Hall–Kier alpha value is -2.36. The second-order valence-electron chi connectivity index (χ2n) is 5.73. The van der Waals surface area contributed by atoms with Crippen LogP contribution in [0.1, 0.15) is 53.5 Å². The molecule has 0 fully saturated rings. The molecule has 1 atom stereocenters. The minimum absolute atomic E-state index is 0.115. The summed E-state index contributed by atoms with van der Waals surface area (Å²) < 4.78 is 6.95. The van der Waals surface area contributed by atoms with Crippen molar-refractivity contribution in [3.05, 3.63) is 59.4 Å². The van der Waals surface area contributed by atoms with Crippen molar-refractivity contribution < 1.29 is 9.53 Å². The summed E-state index contributed by atoms with van der Waals surface area (Å²) in [5.74, 6) is 0.997. The van der Waals surface area contributed by atoms with Crippen LogP contribution in [0.3, 0.4) is 0 Å². The summed E-state index contributed by atoms with van der Waals surface area (Å²) in [7, 11) is 0. The van der Waals surface area contributed by atoms with E-state index in [9.17, 15) is 4.79 Å². The van der Waals surface area contributed by atoms with Crippen molar-refractivity contribution >= 4 is 5.91 Å². The zero-order valence-corrected chi connectivity index (χ0v) is 14.3. The Kier molecular flexibility index (Phi) is 5.37. The van der Waals surface area contributed by atoms with E-state index in [1.54, 1.807) is 30.3 Å². The molecule has 0 N–H and O–H groups in total. The quantitative estimate of drug-likeness (QED) is 0.748. The number of hydrogen-bond acceptors (Lipinski definition) is 3. The third kappa shape index (κ3) is 3.52. The number of carbonyl (C=O) groups excluding carboxylic acids is 1. The number of nitrogens with zero attached hydrogens (tertiary/aromatic N) is 2. The van der Waals surface area contributed by atoms with Gasteiger partial charge >= 0.3 is 0 Å². The molecule has 2 rings (SSSR count). The molecule has 0 amide bonds. The second kappa shape index (κ2) is 7.27. The first-order valence-electron chi connectivity index (χ1n) is 7.94. The van der Waals surface area contributed by atoms with Crippen LogP contribution in [0.25, 0.3) is 0 Å². The van der Waals surface area contributed by atoms with Gasteiger partial charge in [0.1, 0.15) is 12.4 Å². The third-order valence-electron chi connectivity index (χ3n) is 4.11. The molecule has 1 aromatic heterocycles. The first-order valence-corrected chi connectivity index (χ1v) is 7.94. The molecule has 122 valence electrons. The summed E-state index contributed by atoms with van der Waals surface area (Å²) >= 11 is 0. The van der Waals surface area contributed by atoms with E-state index in [-0.39, 0.29) is 5.91 Å². The Morgan fingerprint density at radius 1 is 1.35 bits per heavy atom. The summed E-state index contributed by atoms with van der Waals surface area (Å²) in [4.78, 5) is 12.7. The summed E-state index contributed by atoms with van der Waals surface area (Å²) in [6, 6.07) is 7.11. The van der Waals surface area contributed by atoms with E-state index in [4.69, 9.17) is 4.74 Å². The Morgan fingerprint density at radius 2 is 2.00 bits per heavy atom. The highest BCUT2D eigenvalue weighted by atomic mass is 16.5. The highest BCUT2D eigenvalue weighted by Crippen LogP contribution is 2.26. The summed E-state index contributed by atoms with van der Waals surface area (Å²) in [5.41, 5.74) is 3.62. The molecular weight excluding hydrogens is 288 g/mol. The highest BCUT2D eigenvalue weighted by molar-refractivity contribution is 5.96. The van der Waals surface area contributed by atoms with Crippen molar-refractivity contribution in [2.45, 2.75) is 40.0 Å². The van der Waals surface area contributed by atoms with Gasteiger partial charge in [0.25, 0.3) is 5.91 Å². The minimum Gasteiger partial charge on any atom is -0.490 e. The number of hydrogen-bond donors (Lipinski definition) is 0. The van der Waals surface area contributed by atoms with Crippen molar-refractivity contribution in [3.8, 4) is 5.75 Å². The number of rotatable bonds is 6. The summed E-state index contributed by atoms with van der Waals surface area (Å²) in [6.07, 6.45) is 2.71. The number of aromatic nitrogens is 2. The molecule has 1 heterocycles. The van der Waals surface area contributed by atoms with Gasteiger partial charge in [-0.05, 0) is 56.0 Å². The lowest BCUT2D eigenvalue weighted by Gasteiger charge is -2.10. The molecule has 23 heavy (non-hydrogen) atoms. The Morgan fingerprint density at radius 3 is 2.57 bits per heavy atom. The van der Waals surface area contributed by atoms with E-state index in [0.29, 0.717) is 18.1 Å². The first-order chi connectivity index (χ1) is 11.0. The van der Waals surface area contributed by atoms with Gasteiger partial charge in [-0.25, -0.2) is 4.68 Å². The number of aryl methyl sites for hydroxylation is 1. The molecule has 1 unspecified atom stereocenters. The smallest absolute Gasteiger partial charge is 0.278 e. The largest absolute Gasteiger partial charge is 0.490 e. The van der Waals surface area contributed by atoms with Gasteiger partial charge in [0.2, 0.25) is 0 Å². The van der Waals surface area contributed by atoms with Crippen LogP contribution in [0.15, 0.2) is 36.9 Å². The van der Waals surface area contributed by atoms with Crippen molar-refractivity contribution in [1.82, 2.24) is 9.78 Å². The van der Waals surface area contributed by atoms with Crippen LogP contribution in [0.5, 0.6) is 5.75 Å². The van der Waals surface area contributed by atoms with Crippen LogP contribution in [-0.2, 0) is 0 Å². The van der Waals surface area contributed by atoms with Crippen molar-refractivity contribution in [2.75, 3.05) is 6.61 Å². The summed E-state index contributed by atoms with van der Waals surface area (Å²) in [5, 5.41) is 4.45. The summed E-state index contributed by atoms with van der Waals surface area (Å²) in [6.45, 7) is 12.3. The van der Waals surface area contributed by atoms with Crippen molar-refractivity contribution in [1.29, 1.82) is 0 Å². The molecule has 0 saturated carbocycles. The zero-order valence-electron chi connectivity index (χ0n) is 14.3. The molecule has 0 saturated heterocycles. The van der Waals surface area contributed by atoms with E-state index in [1.807, 2.05) is 13.8 Å². The maximum absolute atomic E-state index is 12.7. The molecular formula is C19H24N2O2. The third-order valence-corrected chi connectivity index (χ3v) is 4.11. The molecule has 2 aromatic rings. The van der Waals surface area contributed by atoms with E-state index in [1.165, 1.54) is 10.2 Å². The molecule has 0 spiro atoms. The van der Waals surface area contributed by atoms with Gasteiger partial charge in [-0.3, -0.25) is 4.79 Å². The van der Waals surface area contributed by atoms with Crippen LogP contribution in [0, 0.1) is 13.8 Å². The molecule has 0 bridgehead atoms. The monoisotopic (exact) mass is 312 g/mol. The SMILES string of the molecule is C=CCOc1ccc(C(=O)n2nc(C)c(C(C)CC)c2C)cc1. The standard InChI is InChI=1S/C19H24N2O2/c1-6-12-23-17-10-8-16(9-11-17)19(22)21-15(5)18(13(3)7-2)14(4)20-21/h6,8-11,13H,1,7,12H2,2-5H3. The van der Waals surface area contributed by atoms with E-state index in [0.717, 1.165) is 23.6 Å². The van der Waals surface area contributed by atoms with Crippen LogP contribution >= 0.6 is 0 Å². The predicted molar refractivity (Wildman–Crippen MR) is 92.3 cm³/mol. The highest BCUT2D eigenvalue weighted by Gasteiger charge is 2.20. The molecule has 0 aliphatic carbocycles. The molecule has 0 radical (unpaired) electrons. The van der Waals surface area contributed by atoms with Crippen molar-refractivity contribution in [3.63, 3.8) is 0 Å². The average Bonchev–Trinajstić information content (AvgIpc) is 2.86. The van der Waals surface area contributed by atoms with Crippen LogP contribution in [0.4, 0.5) is 0 Å². The van der Waals surface area contributed by atoms with Crippen LogP contribution in [0.2, 0.25) is 0 Å². The van der Waals surface area contributed by atoms with Gasteiger partial charge in [0.05, 0.1) is 5.69 Å². The van der Waals surface area contributed by atoms with Gasteiger partial charge < -0.3 is 4.74 Å². The average molecular weight is 312 g/mol. The first kappa shape index (κ1) is 17.0. The molecule has 0 aliphatic heterocycles. The Balaban J connectivity index is 2.28. The lowest BCUT2D eigenvalue weighted by molar-refractivity contribution is 0.0942.